The van der Waals surface area contributed by atoms with Gasteiger partial charge in [0.1, 0.15) is 11.5 Å². The lowest BCUT2D eigenvalue weighted by molar-refractivity contribution is -0.131. The van der Waals surface area contributed by atoms with E-state index in [2.05, 4.69) is 32.0 Å². The first-order valence-electron chi connectivity index (χ1n) is 7.87. The highest BCUT2D eigenvalue weighted by Gasteiger charge is 2.40. The Morgan fingerprint density at radius 1 is 1.17 bits per heavy atom. The molecule has 2 fully saturated rings. The van der Waals surface area contributed by atoms with E-state index in [1.165, 1.54) is 0 Å². The maximum atomic E-state index is 6.09. The fourth-order valence-electron chi connectivity index (χ4n) is 3.22. The standard InChI is InChI=1S/C15H21N7O/c1-15(10-23-11-15)21-8-6-20(7-9-21)13-3-2-12(14(16)18-13)22-5-4-17-19-22/h2-5H,6-11H2,1H3,(H2,16,18). The second-order valence-corrected chi connectivity index (χ2v) is 6.39. The molecule has 0 aromatic carbocycles. The van der Waals surface area contributed by atoms with Crippen LogP contribution in [0.15, 0.2) is 24.5 Å². The summed E-state index contributed by atoms with van der Waals surface area (Å²) in [5.74, 6) is 1.39. The summed E-state index contributed by atoms with van der Waals surface area (Å²) < 4.78 is 7.00. The minimum atomic E-state index is 0.218. The Balaban J connectivity index is 1.46. The molecule has 8 heteroatoms. The van der Waals surface area contributed by atoms with Gasteiger partial charge in [0.15, 0.2) is 5.82 Å². The molecule has 4 rings (SSSR count). The van der Waals surface area contributed by atoms with Crippen molar-refractivity contribution in [2.45, 2.75) is 12.5 Å². The van der Waals surface area contributed by atoms with Crippen LogP contribution in [0, 0.1) is 0 Å². The summed E-state index contributed by atoms with van der Waals surface area (Å²) in [5.41, 5.74) is 7.06. The van der Waals surface area contributed by atoms with E-state index < -0.39 is 0 Å². The molecule has 0 unspecified atom stereocenters. The predicted octanol–water partition coefficient (Wildman–Crippen LogP) is 0.155. The quantitative estimate of drug-likeness (QED) is 0.863. The van der Waals surface area contributed by atoms with Gasteiger partial charge in [-0.2, -0.15) is 0 Å². The minimum Gasteiger partial charge on any atom is -0.382 e. The molecule has 23 heavy (non-hydrogen) atoms. The maximum Gasteiger partial charge on any atom is 0.151 e. The van der Waals surface area contributed by atoms with Crippen molar-refractivity contribution in [3.63, 3.8) is 0 Å². The average molecular weight is 315 g/mol. The first-order chi connectivity index (χ1) is 11.2. The lowest BCUT2D eigenvalue weighted by Crippen LogP contribution is -2.64. The monoisotopic (exact) mass is 315 g/mol. The molecular weight excluding hydrogens is 294 g/mol. The summed E-state index contributed by atoms with van der Waals surface area (Å²) in [6.07, 6.45) is 3.38. The third-order valence-electron chi connectivity index (χ3n) is 4.75. The summed E-state index contributed by atoms with van der Waals surface area (Å²) in [6, 6.07) is 3.94. The van der Waals surface area contributed by atoms with E-state index in [0.717, 1.165) is 50.9 Å². The van der Waals surface area contributed by atoms with Crippen molar-refractivity contribution < 1.29 is 4.74 Å². The lowest BCUT2D eigenvalue weighted by atomic mass is 9.97. The molecule has 0 spiro atoms. The van der Waals surface area contributed by atoms with Crippen molar-refractivity contribution in [3.05, 3.63) is 24.5 Å². The Morgan fingerprint density at radius 3 is 2.52 bits per heavy atom. The second kappa shape index (κ2) is 5.47. The maximum absolute atomic E-state index is 6.09. The number of nitrogens with two attached hydrogens (primary N) is 1. The highest BCUT2D eigenvalue weighted by Crippen LogP contribution is 2.27. The van der Waals surface area contributed by atoms with E-state index in [4.69, 9.17) is 10.5 Å². The first kappa shape index (κ1) is 14.4. The van der Waals surface area contributed by atoms with Gasteiger partial charge < -0.3 is 15.4 Å². The number of aromatic nitrogens is 4. The highest BCUT2D eigenvalue weighted by atomic mass is 16.5. The van der Waals surface area contributed by atoms with Gasteiger partial charge in [0.2, 0.25) is 0 Å². The predicted molar refractivity (Wildman–Crippen MR) is 86.6 cm³/mol. The Labute approximate surface area is 134 Å². The third-order valence-corrected chi connectivity index (χ3v) is 4.75. The van der Waals surface area contributed by atoms with E-state index >= 15 is 0 Å². The Hall–Kier alpha value is -2.19. The molecule has 0 amide bonds. The normalized spacial score (nSPS) is 21.2. The summed E-state index contributed by atoms with van der Waals surface area (Å²) in [7, 11) is 0. The fourth-order valence-corrected chi connectivity index (χ4v) is 3.22. The number of rotatable bonds is 3. The third kappa shape index (κ3) is 2.53. The molecule has 0 radical (unpaired) electrons. The van der Waals surface area contributed by atoms with Gasteiger partial charge in [0.05, 0.1) is 31.1 Å². The lowest BCUT2D eigenvalue weighted by Gasteiger charge is -2.50. The van der Waals surface area contributed by atoms with Crippen molar-refractivity contribution in [1.29, 1.82) is 0 Å². The number of ether oxygens (including phenoxy) is 1. The van der Waals surface area contributed by atoms with Crippen LogP contribution in [-0.4, -0.2) is 69.8 Å². The molecule has 2 aromatic heterocycles. The number of nitrogens with zero attached hydrogens (tertiary/aromatic N) is 6. The van der Waals surface area contributed by atoms with Crippen molar-refractivity contribution in [1.82, 2.24) is 24.9 Å². The van der Waals surface area contributed by atoms with Gasteiger partial charge in [-0.15, -0.1) is 5.10 Å². The van der Waals surface area contributed by atoms with Gasteiger partial charge in [-0.1, -0.05) is 5.21 Å². The number of hydrogen-bond donors (Lipinski definition) is 1. The van der Waals surface area contributed by atoms with E-state index in [0.29, 0.717) is 5.82 Å². The van der Waals surface area contributed by atoms with Crippen LogP contribution < -0.4 is 10.6 Å². The molecule has 0 atom stereocenters. The van der Waals surface area contributed by atoms with Crippen LogP contribution in [0.4, 0.5) is 11.6 Å². The molecule has 122 valence electrons. The van der Waals surface area contributed by atoms with Gasteiger partial charge in [0, 0.05) is 26.2 Å². The van der Waals surface area contributed by atoms with Crippen LogP contribution in [0.3, 0.4) is 0 Å². The van der Waals surface area contributed by atoms with Crippen molar-refractivity contribution >= 4 is 11.6 Å². The Morgan fingerprint density at radius 2 is 1.96 bits per heavy atom. The molecule has 2 saturated heterocycles. The molecule has 0 saturated carbocycles. The van der Waals surface area contributed by atoms with Crippen LogP contribution in [0.2, 0.25) is 0 Å². The molecule has 8 nitrogen and oxygen atoms in total. The van der Waals surface area contributed by atoms with Crippen molar-refractivity contribution in [2.75, 3.05) is 50.0 Å². The molecule has 4 heterocycles. The number of anilines is 2. The van der Waals surface area contributed by atoms with Crippen LogP contribution in [0.25, 0.3) is 5.69 Å². The molecule has 2 N–H and O–H groups in total. The van der Waals surface area contributed by atoms with Crippen LogP contribution >= 0.6 is 0 Å². The zero-order valence-electron chi connectivity index (χ0n) is 13.2. The van der Waals surface area contributed by atoms with E-state index in [1.807, 2.05) is 12.1 Å². The van der Waals surface area contributed by atoms with Crippen molar-refractivity contribution in [2.24, 2.45) is 0 Å². The molecular formula is C15H21N7O. The number of pyridine rings is 1. The van der Waals surface area contributed by atoms with E-state index in [9.17, 15) is 0 Å². The van der Waals surface area contributed by atoms with Gasteiger partial charge in [-0.05, 0) is 19.1 Å². The van der Waals surface area contributed by atoms with Gasteiger partial charge in [-0.3, -0.25) is 4.90 Å². The summed E-state index contributed by atoms with van der Waals surface area (Å²) in [6.45, 7) is 7.89. The van der Waals surface area contributed by atoms with Crippen LogP contribution in [0.5, 0.6) is 0 Å². The molecule has 2 aromatic rings. The molecule has 0 aliphatic carbocycles. The average Bonchev–Trinajstić information content (AvgIpc) is 3.07. The fraction of sp³-hybridized carbons (Fsp3) is 0.533. The molecule has 0 bridgehead atoms. The van der Waals surface area contributed by atoms with E-state index in [-0.39, 0.29) is 5.54 Å². The van der Waals surface area contributed by atoms with Gasteiger partial charge in [-0.25, -0.2) is 9.67 Å². The number of hydrogen-bond acceptors (Lipinski definition) is 7. The number of nitrogen functional groups attached to an aromatic ring is 1. The second-order valence-electron chi connectivity index (χ2n) is 6.39. The Bertz CT molecular complexity index is 675. The van der Waals surface area contributed by atoms with Crippen LogP contribution in [-0.2, 0) is 4.74 Å². The van der Waals surface area contributed by atoms with Gasteiger partial charge in [0.25, 0.3) is 0 Å². The van der Waals surface area contributed by atoms with Gasteiger partial charge >= 0.3 is 0 Å². The topological polar surface area (TPSA) is 85.3 Å². The smallest absolute Gasteiger partial charge is 0.151 e. The Kier molecular flexibility index (Phi) is 3.42. The first-order valence-corrected chi connectivity index (χ1v) is 7.87. The molecule has 2 aliphatic rings. The summed E-state index contributed by atoms with van der Waals surface area (Å²) >= 11 is 0. The van der Waals surface area contributed by atoms with Crippen molar-refractivity contribution in [3.8, 4) is 5.69 Å². The zero-order valence-corrected chi connectivity index (χ0v) is 13.2. The summed E-state index contributed by atoms with van der Waals surface area (Å²) in [4.78, 5) is 9.34. The number of piperazine rings is 1. The molecule has 2 aliphatic heterocycles. The zero-order chi connectivity index (χ0) is 15.9. The van der Waals surface area contributed by atoms with Crippen LogP contribution in [0.1, 0.15) is 6.92 Å². The largest absolute Gasteiger partial charge is 0.382 e. The summed E-state index contributed by atoms with van der Waals surface area (Å²) in [5, 5.41) is 7.76. The minimum absolute atomic E-state index is 0.218. The SMILES string of the molecule is CC1(N2CCN(c3ccc(-n4ccnn4)c(N)n3)CC2)COC1. The highest BCUT2D eigenvalue weighted by molar-refractivity contribution is 5.57. The van der Waals surface area contributed by atoms with E-state index in [1.54, 1.807) is 17.1 Å².